The van der Waals surface area contributed by atoms with Gasteiger partial charge in [0.25, 0.3) is 5.91 Å². The molecular weight excluding hydrogens is 306 g/mol. The Bertz CT molecular complexity index is 540. The van der Waals surface area contributed by atoms with Gasteiger partial charge in [0.2, 0.25) is 0 Å². The van der Waals surface area contributed by atoms with Gasteiger partial charge < -0.3 is 10.1 Å². The third-order valence-corrected chi connectivity index (χ3v) is 3.07. The summed E-state index contributed by atoms with van der Waals surface area (Å²) in [5.41, 5.74) is 0.747. The van der Waals surface area contributed by atoms with Crippen molar-refractivity contribution >= 4 is 27.5 Å². The van der Waals surface area contributed by atoms with Crippen molar-refractivity contribution < 1.29 is 9.53 Å². The molecule has 0 aromatic heterocycles. The predicted octanol–water partition coefficient (Wildman–Crippen LogP) is 3.86. The number of ether oxygens (including phenoxy) is 1. The molecule has 1 N–H and O–H groups in total. The number of carbonyl (C=O) groups excluding carboxylic acids is 1. The van der Waals surface area contributed by atoms with E-state index in [-0.39, 0.29) is 5.91 Å². The molecule has 1 amide bonds. The van der Waals surface area contributed by atoms with Crippen LogP contribution in [0.2, 0.25) is 0 Å². The Morgan fingerprint density at radius 1 is 1.11 bits per heavy atom. The molecule has 0 saturated heterocycles. The fourth-order valence-corrected chi connectivity index (χ4v) is 1.80. The fraction of sp³-hybridized carbons (Fsp3) is 0.133. The first-order chi connectivity index (χ1) is 9.15. The Hall–Kier alpha value is -1.81. The molecule has 0 spiro atoms. The zero-order chi connectivity index (χ0) is 13.7. The molecular formula is C15H14BrNO2. The van der Waals surface area contributed by atoms with Gasteiger partial charge in [-0.05, 0) is 43.3 Å². The quantitative estimate of drug-likeness (QED) is 0.929. The molecule has 1 atom stereocenters. The van der Waals surface area contributed by atoms with Crippen molar-refractivity contribution in [3.05, 3.63) is 59.1 Å². The summed E-state index contributed by atoms with van der Waals surface area (Å²) in [4.78, 5) is 12.0. The maximum atomic E-state index is 12.0. The molecule has 0 bridgehead atoms. The average Bonchev–Trinajstić information content (AvgIpc) is 2.42. The third-order valence-electron chi connectivity index (χ3n) is 2.54. The molecule has 4 heteroatoms. The summed E-state index contributed by atoms with van der Waals surface area (Å²) in [6.45, 7) is 1.72. The van der Waals surface area contributed by atoms with Crippen LogP contribution in [0.15, 0.2) is 59.1 Å². The highest BCUT2D eigenvalue weighted by Gasteiger charge is 2.14. The van der Waals surface area contributed by atoms with Gasteiger partial charge in [0.1, 0.15) is 5.75 Å². The van der Waals surface area contributed by atoms with Gasteiger partial charge in [-0.2, -0.15) is 0 Å². The Morgan fingerprint density at radius 3 is 2.37 bits per heavy atom. The highest BCUT2D eigenvalue weighted by molar-refractivity contribution is 9.10. The summed E-state index contributed by atoms with van der Waals surface area (Å²) in [5, 5.41) is 2.80. The first-order valence-electron chi connectivity index (χ1n) is 5.93. The molecule has 19 heavy (non-hydrogen) atoms. The van der Waals surface area contributed by atoms with Crippen LogP contribution in [0.25, 0.3) is 0 Å². The number of halogens is 1. The second-order valence-corrected chi connectivity index (χ2v) is 4.98. The molecule has 3 nitrogen and oxygen atoms in total. The number of rotatable bonds is 4. The highest BCUT2D eigenvalue weighted by atomic mass is 79.9. The molecule has 0 fully saturated rings. The summed E-state index contributed by atoms with van der Waals surface area (Å²) in [6.07, 6.45) is -0.550. The number of anilines is 1. The second-order valence-electron chi connectivity index (χ2n) is 4.07. The van der Waals surface area contributed by atoms with Gasteiger partial charge in [0.05, 0.1) is 0 Å². The standard InChI is InChI=1S/C15H14BrNO2/c1-11(19-14-5-3-2-4-6-14)15(18)17-13-9-7-12(16)8-10-13/h2-11H,1H3,(H,17,18)/t11-/m0/s1. The van der Waals surface area contributed by atoms with Crippen molar-refractivity contribution in [2.24, 2.45) is 0 Å². The van der Waals surface area contributed by atoms with Crippen LogP contribution in [0, 0.1) is 0 Å². The van der Waals surface area contributed by atoms with Crippen LogP contribution in [-0.2, 0) is 4.79 Å². The van der Waals surface area contributed by atoms with Gasteiger partial charge in [-0.1, -0.05) is 34.1 Å². The number of nitrogens with one attached hydrogen (secondary N) is 1. The molecule has 2 aromatic carbocycles. The van der Waals surface area contributed by atoms with Crippen LogP contribution in [0.3, 0.4) is 0 Å². The van der Waals surface area contributed by atoms with Crippen molar-refractivity contribution in [2.45, 2.75) is 13.0 Å². The van der Waals surface area contributed by atoms with Gasteiger partial charge in [0, 0.05) is 10.2 Å². The van der Waals surface area contributed by atoms with Gasteiger partial charge in [-0.25, -0.2) is 0 Å². The molecule has 0 radical (unpaired) electrons. The smallest absolute Gasteiger partial charge is 0.265 e. The Morgan fingerprint density at radius 2 is 1.74 bits per heavy atom. The predicted molar refractivity (Wildman–Crippen MR) is 79.3 cm³/mol. The van der Waals surface area contributed by atoms with Crippen LogP contribution in [0.1, 0.15) is 6.92 Å². The second kappa shape index (κ2) is 6.38. The lowest BCUT2D eigenvalue weighted by molar-refractivity contribution is -0.122. The van der Waals surface area contributed by atoms with Crippen molar-refractivity contribution in [3.63, 3.8) is 0 Å². The van der Waals surface area contributed by atoms with Crippen LogP contribution in [-0.4, -0.2) is 12.0 Å². The van der Waals surface area contributed by atoms with Crippen molar-refractivity contribution in [1.82, 2.24) is 0 Å². The van der Waals surface area contributed by atoms with Crippen LogP contribution < -0.4 is 10.1 Å². The zero-order valence-electron chi connectivity index (χ0n) is 10.5. The third kappa shape index (κ3) is 4.10. The number of carbonyl (C=O) groups is 1. The number of para-hydroxylation sites is 1. The topological polar surface area (TPSA) is 38.3 Å². The normalized spacial score (nSPS) is 11.7. The minimum Gasteiger partial charge on any atom is -0.481 e. The lowest BCUT2D eigenvalue weighted by atomic mass is 10.3. The summed E-state index contributed by atoms with van der Waals surface area (Å²) < 4.78 is 6.52. The van der Waals surface area contributed by atoms with E-state index in [9.17, 15) is 4.79 Å². The van der Waals surface area contributed by atoms with E-state index in [2.05, 4.69) is 21.2 Å². The van der Waals surface area contributed by atoms with Crippen molar-refractivity contribution in [3.8, 4) is 5.75 Å². The van der Waals surface area contributed by atoms with Gasteiger partial charge in [-0.15, -0.1) is 0 Å². The fourth-order valence-electron chi connectivity index (χ4n) is 1.53. The summed E-state index contributed by atoms with van der Waals surface area (Å²) >= 11 is 3.35. The lowest BCUT2D eigenvalue weighted by Gasteiger charge is -2.14. The number of amides is 1. The summed E-state index contributed by atoms with van der Waals surface area (Å²) in [5.74, 6) is 0.507. The average molecular weight is 320 g/mol. The van der Waals surface area contributed by atoms with Crippen LogP contribution in [0.5, 0.6) is 5.75 Å². The van der Waals surface area contributed by atoms with Gasteiger partial charge in [0.15, 0.2) is 6.10 Å². The van der Waals surface area contributed by atoms with E-state index in [1.807, 2.05) is 54.6 Å². The van der Waals surface area contributed by atoms with E-state index in [1.165, 1.54) is 0 Å². The Balaban J connectivity index is 1.94. The number of hydrogen-bond donors (Lipinski definition) is 1. The van der Waals surface area contributed by atoms with E-state index in [0.717, 1.165) is 10.2 Å². The van der Waals surface area contributed by atoms with E-state index in [4.69, 9.17) is 4.74 Å². The van der Waals surface area contributed by atoms with E-state index in [0.29, 0.717) is 5.75 Å². The molecule has 0 heterocycles. The molecule has 0 aliphatic rings. The van der Waals surface area contributed by atoms with Crippen molar-refractivity contribution in [1.29, 1.82) is 0 Å². The minimum atomic E-state index is -0.550. The molecule has 0 unspecified atom stereocenters. The highest BCUT2D eigenvalue weighted by Crippen LogP contribution is 2.15. The van der Waals surface area contributed by atoms with Gasteiger partial charge >= 0.3 is 0 Å². The summed E-state index contributed by atoms with van der Waals surface area (Å²) in [7, 11) is 0. The largest absolute Gasteiger partial charge is 0.481 e. The SMILES string of the molecule is C[C@H](Oc1ccccc1)C(=O)Nc1ccc(Br)cc1. The molecule has 0 saturated carbocycles. The van der Waals surface area contributed by atoms with E-state index in [1.54, 1.807) is 6.92 Å². The number of hydrogen-bond acceptors (Lipinski definition) is 2. The Labute approximate surface area is 120 Å². The maximum absolute atomic E-state index is 12.0. The molecule has 2 aromatic rings. The maximum Gasteiger partial charge on any atom is 0.265 e. The van der Waals surface area contributed by atoms with Gasteiger partial charge in [-0.3, -0.25) is 4.79 Å². The molecule has 0 aliphatic heterocycles. The zero-order valence-corrected chi connectivity index (χ0v) is 12.1. The molecule has 2 rings (SSSR count). The van der Waals surface area contributed by atoms with Crippen LogP contribution >= 0.6 is 15.9 Å². The van der Waals surface area contributed by atoms with E-state index < -0.39 is 6.10 Å². The summed E-state index contributed by atoms with van der Waals surface area (Å²) in [6, 6.07) is 16.7. The first-order valence-corrected chi connectivity index (χ1v) is 6.72. The first kappa shape index (κ1) is 13.6. The monoisotopic (exact) mass is 319 g/mol. The minimum absolute atomic E-state index is 0.175. The van der Waals surface area contributed by atoms with Crippen LogP contribution in [0.4, 0.5) is 5.69 Å². The molecule has 0 aliphatic carbocycles. The molecule has 98 valence electrons. The van der Waals surface area contributed by atoms with Crippen molar-refractivity contribution in [2.75, 3.05) is 5.32 Å². The Kier molecular flexibility index (Phi) is 4.58. The van der Waals surface area contributed by atoms with E-state index >= 15 is 0 Å². The lowest BCUT2D eigenvalue weighted by Crippen LogP contribution is -2.30. The number of benzene rings is 2.